The lowest BCUT2D eigenvalue weighted by Gasteiger charge is -2.30. The molecule has 1 fully saturated rings. The highest BCUT2D eigenvalue weighted by atomic mass is 32.2. The summed E-state index contributed by atoms with van der Waals surface area (Å²) in [4.78, 5) is 17.6. The van der Waals surface area contributed by atoms with Crippen molar-refractivity contribution in [3.8, 4) is 5.75 Å². The maximum Gasteiger partial charge on any atom is 0.476 e. The lowest BCUT2D eigenvalue weighted by molar-refractivity contribution is -0.107. The number of amides is 1. The Morgan fingerprint density at radius 2 is 1.53 bits per heavy atom. The predicted octanol–water partition coefficient (Wildman–Crippen LogP) is 7.94. The van der Waals surface area contributed by atoms with Crippen molar-refractivity contribution >= 4 is 56.7 Å². The first-order valence-electron chi connectivity index (χ1n) is 15.6. The minimum atomic E-state index is -4.15. The molecule has 0 unspecified atom stereocenters. The van der Waals surface area contributed by atoms with Gasteiger partial charge in [-0.2, -0.15) is 8.42 Å². The molecular formula is C35H36N3O8PS2. The van der Waals surface area contributed by atoms with E-state index in [0.717, 1.165) is 30.4 Å². The molecule has 1 aliphatic rings. The van der Waals surface area contributed by atoms with E-state index in [2.05, 4.69) is 10.3 Å². The smallest absolute Gasteiger partial charge is 0.382 e. The van der Waals surface area contributed by atoms with Gasteiger partial charge in [-0.3, -0.25) is 23.3 Å². The SMILES string of the molecule is CC(C)(CNc1ccc(S(=O)(=O)Oc2ccc3nc(N(C=O)C4CC4)sc3c2)cc1)OP(=O)(OCc1ccccc1)OCc1ccccc1. The Bertz CT molecular complexity index is 1990. The fourth-order valence-corrected chi connectivity index (χ4v) is 8.22. The fraction of sp³-hybridized carbons (Fsp3) is 0.257. The van der Waals surface area contributed by atoms with Gasteiger partial charge in [-0.05, 0) is 74.2 Å². The van der Waals surface area contributed by atoms with E-state index in [0.29, 0.717) is 21.0 Å². The van der Waals surface area contributed by atoms with Crippen molar-refractivity contribution in [2.24, 2.45) is 0 Å². The van der Waals surface area contributed by atoms with Gasteiger partial charge in [0, 0.05) is 24.3 Å². The Balaban J connectivity index is 1.08. The van der Waals surface area contributed by atoms with Crippen LogP contribution in [0.15, 0.2) is 108 Å². The number of hydrogen-bond donors (Lipinski definition) is 1. The van der Waals surface area contributed by atoms with E-state index < -0.39 is 23.5 Å². The average molecular weight is 722 g/mol. The number of thiazole rings is 1. The summed E-state index contributed by atoms with van der Waals surface area (Å²) in [6.07, 6.45) is 2.67. The molecule has 5 aromatic rings. The van der Waals surface area contributed by atoms with Crippen LogP contribution >= 0.6 is 19.2 Å². The molecule has 1 heterocycles. The van der Waals surface area contributed by atoms with E-state index in [1.165, 1.54) is 29.5 Å². The molecule has 256 valence electrons. The highest BCUT2D eigenvalue weighted by molar-refractivity contribution is 7.87. The lowest BCUT2D eigenvalue weighted by Crippen LogP contribution is -2.33. The summed E-state index contributed by atoms with van der Waals surface area (Å²) >= 11 is 1.31. The van der Waals surface area contributed by atoms with Gasteiger partial charge in [0.05, 0.1) is 29.0 Å². The molecule has 4 aromatic carbocycles. The van der Waals surface area contributed by atoms with Crippen LogP contribution < -0.4 is 14.4 Å². The second-order valence-corrected chi connectivity index (χ2v) is 16.3. The Kier molecular flexibility index (Phi) is 10.5. The first-order valence-corrected chi connectivity index (χ1v) is 19.3. The standard InChI is InChI=1S/C35H36N3O8PS2/c1-35(2,46-47(40,43-22-26-9-5-3-6-10-26)44-23-27-11-7-4-8-12-27)24-36-28-13-18-31(19-14-28)49(41,42)45-30-17-20-32-33(21-30)48-34(37-32)38(25-39)29-15-16-29/h3-14,17-21,25,29,36H,15-16,22-24H2,1-2H3. The molecule has 0 spiro atoms. The highest BCUT2D eigenvalue weighted by Gasteiger charge is 2.36. The van der Waals surface area contributed by atoms with Crippen molar-refractivity contribution in [3.63, 3.8) is 0 Å². The summed E-state index contributed by atoms with van der Waals surface area (Å²) in [5, 5.41) is 3.78. The fourth-order valence-electron chi connectivity index (χ4n) is 4.80. The summed E-state index contributed by atoms with van der Waals surface area (Å²) < 4.78 is 63.8. The van der Waals surface area contributed by atoms with Crippen LogP contribution in [0.4, 0.5) is 10.8 Å². The first-order chi connectivity index (χ1) is 23.5. The largest absolute Gasteiger partial charge is 0.476 e. The zero-order valence-electron chi connectivity index (χ0n) is 26.9. The van der Waals surface area contributed by atoms with Gasteiger partial charge >= 0.3 is 17.9 Å². The number of nitrogens with one attached hydrogen (secondary N) is 1. The van der Waals surface area contributed by atoms with E-state index in [-0.39, 0.29) is 36.4 Å². The first kappa shape index (κ1) is 34.8. The van der Waals surface area contributed by atoms with Crippen LogP contribution in [0.25, 0.3) is 10.2 Å². The third kappa shape index (κ3) is 9.33. The number of phosphoric ester groups is 1. The number of carbonyl (C=O) groups excluding carboxylic acids is 1. The van der Waals surface area contributed by atoms with Crippen LogP contribution in [0.3, 0.4) is 0 Å². The molecule has 49 heavy (non-hydrogen) atoms. The molecule has 1 amide bonds. The number of fused-ring (bicyclic) bond motifs is 1. The van der Waals surface area contributed by atoms with Crippen LogP contribution in [0.1, 0.15) is 37.8 Å². The van der Waals surface area contributed by atoms with E-state index in [1.54, 1.807) is 43.0 Å². The minimum absolute atomic E-state index is 0.0344. The summed E-state index contributed by atoms with van der Waals surface area (Å²) in [5.41, 5.74) is 1.87. The van der Waals surface area contributed by atoms with E-state index in [4.69, 9.17) is 17.8 Å². The van der Waals surface area contributed by atoms with Crippen LogP contribution in [0.2, 0.25) is 0 Å². The van der Waals surface area contributed by atoms with Gasteiger partial charge < -0.3 is 9.50 Å². The number of carbonyl (C=O) groups is 1. The van der Waals surface area contributed by atoms with Gasteiger partial charge in [-0.15, -0.1) is 0 Å². The normalized spacial score (nSPS) is 13.7. The molecule has 0 atom stereocenters. The summed E-state index contributed by atoms with van der Waals surface area (Å²) in [5.74, 6) is 0.140. The van der Waals surface area contributed by atoms with Crippen LogP contribution in [0, 0.1) is 0 Å². The second-order valence-electron chi connectivity index (χ2n) is 12.1. The molecule has 6 rings (SSSR count). The summed E-state index contributed by atoms with van der Waals surface area (Å²) in [6, 6.07) is 29.7. The van der Waals surface area contributed by atoms with Crippen molar-refractivity contribution < 1.29 is 35.5 Å². The third-order valence-electron chi connectivity index (χ3n) is 7.51. The maximum absolute atomic E-state index is 13.8. The van der Waals surface area contributed by atoms with Crippen LogP contribution in [0.5, 0.6) is 5.75 Å². The highest BCUT2D eigenvalue weighted by Crippen LogP contribution is 2.54. The lowest BCUT2D eigenvalue weighted by atomic mass is 10.1. The van der Waals surface area contributed by atoms with Crippen molar-refractivity contribution in [2.45, 2.75) is 56.4 Å². The summed E-state index contributed by atoms with van der Waals surface area (Å²) in [6.45, 7) is 3.77. The van der Waals surface area contributed by atoms with E-state index in [1.807, 2.05) is 60.7 Å². The maximum atomic E-state index is 13.8. The molecule has 0 bridgehead atoms. The third-order valence-corrected chi connectivity index (χ3v) is 11.4. The van der Waals surface area contributed by atoms with Gasteiger partial charge in [0.2, 0.25) is 6.41 Å². The number of hydrogen-bond acceptors (Lipinski definition) is 11. The Morgan fingerprint density at radius 1 is 0.918 bits per heavy atom. The van der Waals surface area contributed by atoms with Gasteiger partial charge in [0.15, 0.2) is 5.13 Å². The number of rotatable bonds is 17. The molecule has 11 nitrogen and oxygen atoms in total. The van der Waals surface area contributed by atoms with Gasteiger partial charge in [0.25, 0.3) is 0 Å². The number of anilines is 2. The monoisotopic (exact) mass is 721 g/mol. The molecule has 0 radical (unpaired) electrons. The molecule has 0 aliphatic heterocycles. The van der Waals surface area contributed by atoms with Gasteiger partial charge in [-0.25, -0.2) is 9.55 Å². The molecule has 14 heteroatoms. The number of nitrogens with zero attached hydrogens (tertiary/aromatic N) is 2. The molecule has 1 N–H and O–H groups in total. The number of phosphoric acid groups is 1. The molecule has 1 aromatic heterocycles. The van der Waals surface area contributed by atoms with Crippen molar-refractivity contribution in [1.82, 2.24) is 4.98 Å². The van der Waals surface area contributed by atoms with Crippen molar-refractivity contribution in [2.75, 3.05) is 16.8 Å². The Labute approximate surface area is 289 Å². The topological polar surface area (TPSA) is 133 Å². The van der Waals surface area contributed by atoms with Crippen LogP contribution in [-0.4, -0.2) is 38.0 Å². The van der Waals surface area contributed by atoms with Gasteiger partial charge in [0.1, 0.15) is 10.6 Å². The Hall–Kier alpha value is -4.10. The van der Waals surface area contributed by atoms with E-state index >= 15 is 0 Å². The predicted molar refractivity (Wildman–Crippen MR) is 189 cm³/mol. The van der Waals surface area contributed by atoms with E-state index in [9.17, 15) is 17.8 Å². The molecule has 0 saturated heterocycles. The Morgan fingerprint density at radius 3 is 2.10 bits per heavy atom. The van der Waals surface area contributed by atoms with Crippen molar-refractivity contribution in [1.29, 1.82) is 0 Å². The number of aromatic nitrogens is 1. The van der Waals surface area contributed by atoms with Crippen LogP contribution in [-0.2, 0) is 46.3 Å². The molecule has 1 aliphatic carbocycles. The summed E-state index contributed by atoms with van der Waals surface area (Å²) in [7, 11) is -8.18. The average Bonchev–Trinajstić information content (AvgIpc) is 3.85. The molecular weight excluding hydrogens is 686 g/mol. The number of benzene rings is 4. The minimum Gasteiger partial charge on any atom is -0.382 e. The van der Waals surface area contributed by atoms with Gasteiger partial charge in [-0.1, -0.05) is 72.0 Å². The zero-order chi connectivity index (χ0) is 34.5. The quantitative estimate of drug-likeness (QED) is 0.0573. The van der Waals surface area contributed by atoms with Crippen molar-refractivity contribution in [3.05, 3.63) is 114 Å². The second kappa shape index (κ2) is 14.8. The molecule has 1 saturated carbocycles. The zero-order valence-corrected chi connectivity index (χ0v) is 29.5.